The lowest BCUT2D eigenvalue weighted by Crippen LogP contribution is -2.08. The van der Waals surface area contributed by atoms with Crippen molar-refractivity contribution < 1.29 is 27.4 Å². The molecule has 2 rings (SSSR count). The van der Waals surface area contributed by atoms with Crippen LogP contribution in [0.1, 0.15) is 0 Å². The van der Waals surface area contributed by atoms with E-state index in [4.69, 9.17) is 0 Å². The Kier molecular flexibility index (Phi) is 3.93. The molecule has 0 unspecified atom stereocenters. The molecule has 0 radical (unpaired) electrons. The third-order valence-electron chi connectivity index (χ3n) is 2.50. The molecule has 0 amide bonds. The molecule has 104 valence electrons. The molecular formula is C14H9F3O3. The van der Waals surface area contributed by atoms with Crippen molar-refractivity contribution in [3.05, 3.63) is 53.8 Å². The minimum Gasteiger partial charge on any atom is -0.437 e. The van der Waals surface area contributed by atoms with E-state index in [0.29, 0.717) is 6.07 Å². The van der Waals surface area contributed by atoms with Gasteiger partial charge in [-0.15, -0.1) is 0 Å². The van der Waals surface area contributed by atoms with Crippen LogP contribution < -0.4 is 4.74 Å². The maximum Gasteiger partial charge on any atom is 0.513 e. The summed E-state index contributed by atoms with van der Waals surface area (Å²) in [6.45, 7) is 0. The maximum atomic E-state index is 14.1. The lowest BCUT2D eigenvalue weighted by molar-refractivity contribution is 0.120. The van der Waals surface area contributed by atoms with Gasteiger partial charge in [0, 0.05) is 11.6 Å². The summed E-state index contributed by atoms with van der Waals surface area (Å²) in [6, 6.07) is 6.53. The molecule has 0 aliphatic carbocycles. The van der Waals surface area contributed by atoms with Crippen LogP contribution in [0.25, 0.3) is 11.1 Å². The van der Waals surface area contributed by atoms with E-state index >= 15 is 0 Å². The highest BCUT2D eigenvalue weighted by Crippen LogP contribution is 2.30. The molecule has 0 N–H and O–H groups in total. The van der Waals surface area contributed by atoms with Gasteiger partial charge in [0.1, 0.15) is 11.6 Å². The van der Waals surface area contributed by atoms with Crippen molar-refractivity contribution >= 4 is 6.16 Å². The van der Waals surface area contributed by atoms with Crippen LogP contribution in [0.4, 0.5) is 18.0 Å². The van der Waals surface area contributed by atoms with Crippen LogP contribution in [0.2, 0.25) is 0 Å². The van der Waals surface area contributed by atoms with Gasteiger partial charge < -0.3 is 9.47 Å². The van der Waals surface area contributed by atoms with Gasteiger partial charge >= 0.3 is 6.16 Å². The minimum absolute atomic E-state index is 0.00434. The minimum atomic E-state index is -1.09. The Bertz CT molecular complexity index is 636. The number of carbonyl (C=O) groups is 1. The highest BCUT2D eigenvalue weighted by molar-refractivity contribution is 5.69. The molecule has 0 heterocycles. The normalized spacial score (nSPS) is 10.2. The van der Waals surface area contributed by atoms with E-state index in [9.17, 15) is 18.0 Å². The predicted octanol–water partition coefficient (Wildman–Crippen LogP) is 3.92. The smallest absolute Gasteiger partial charge is 0.437 e. The zero-order chi connectivity index (χ0) is 14.7. The Balaban J connectivity index is 2.47. The summed E-state index contributed by atoms with van der Waals surface area (Å²) in [5, 5.41) is 0. The second-order valence-electron chi connectivity index (χ2n) is 3.83. The quantitative estimate of drug-likeness (QED) is 0.618. The fourth-order valence-electron chi connectivity index (χ4n) is 1.65. The lowest BCUT2D eigenvalue weighted by Gasteiger charge is -2.08. The fraction of sp³-hybridized carbons (Fsp3) is 0.0714. The standard InChI is InChI=1S/C14H9F3O3/c1-19-14(18)20-12-4-2-3-11(13(12)17)8-5-9(15)7-10(16)6-8/h2-7H,1H3. The third-order valence-corrected chi connectivity index (χ3v) is 2.50. The second-order valence-corrected chi connectivity index (χ2v) is 3.83. The molecular weight excluding hydrogens is 273 g/mol. The Morgan fingerprint density at radius 3 is 2.30 bits per heavy atom. The van der Waals surface area contributed by atoms with E-state index in [1.807, 2.05) is 0 Å². The number of ether oxygens (including phenoxy) is 2. The monoisotopic (exact) mass is 282 g/mol. The van der Waals surface area contributed by atoms with Crippen molar-refractivity contribution in [3.8, 4) is 16.9 Å². The Morgan fingerprint density at radius 2 is 1.70 bits per heavy atom. The van der Waals surface area contributed by atoms with E-state index in [-0.39, 0.29) is 16.9 Å². The van der Waals surface area contributed by atoms with E-state index in [1.54, 1.807) is 0 Å². The zero-order valence-corrected chi connectivity index (χ0v) is 10.3. The Morgan fingerprint density at radius 1 is 1.05 bits per heavy atom. The van der Waals surface area contributed by atoms with Crippen molar-refractivity contribution in [3.63, 3.8) is 0 Å². The van der Waals surface area contributed by atoms with Crippen molar-refractivity contribution in [2.24, 2.45) is 0 Å². The molecule has 0 saturated heterocycles. The molecule has 2 aromatic rings. The molecule has 2 aromatic carbocycles. The van der Waals surface area contributed by atoms with Gasteiger partial charge in [0.2, 0.25) is 0 Å². The van der Waals surface area contributed by atoms with Crippen LogP contribution in [0.3, 0.4) is 0 Å². The van der Waals surface area contributed by atoms with Gasteiger partial charge in [-0.05, 0) is 23.8 Å². The molecule has 3 nitrogen and oxygen atoms in total. The number of carbonyl (C=O) groups excluding carboxylic acids is 1. The van der Waals surface area contributed by atoms with Crippen molar-refractivity contribution in [2.45, 2.75) is 0 Å². The van der Waals surface area contributed by atoms with Crippen LogP contribution in [0.15, 0.2) is 36.4 Å². The highest BCUT2D eigenvalue weighted by Gasteiger charge is 2.15. The summed E-state index contributed by atoms with van der Waals surface area (Å²) in [6.07, 6.45) is -1.09. The number of rotatable bonds is 2. The second kappa shape index (κ2) is 5.64. The molecule has 0 aromatic heterocycles. The zero-order valence-electron chi connectivity index (χ0n) is 10.3. The predicted molar refractivity (Wildman–Crippen MR) is 64.8 cm³/mol. The lowest BCUT2D eigenvalue weighted by atomic mass is 10.0. The third kappa shape index (κ3) is 2.90. The first-order chi connectivity index (χ1) is 9.51. The molecule has 6 heteroatoms. The van der Waals surface area contributed by atoms with E-state index < -0.39 is 23.6 Å². The average Bonchev–Trinajstić information content (AvgIpc) is 2.39. The summed E-state index contributed by atoms with van der Waals surface area (Å²) in [5.74, 6) is -2.97. The van der Waals surface area contributed by atoms with Gasteiger partial charge in [0.05, 0.1) is 7.11 Å². The topological polar surface area (TPSA) is 35.5 Å². The number of hydrogen-bond donors (Lipinski definition) is 0. The van der Waals surface area contributed by atoms with Gasteiger partial charge in [-0.2, -0.15) is 0 Å². The molecule has 0 aliphatic heterocycles. The number of benzene rings is 2. The summed E-state index contributed by atoms with van der Waals surface area (Å²) < 4.78 is 49.3. The number of methoxy groups -OCH3 is 1. The Hall–Kier alpha value is -2.50. The molecule has 0 bridgehead atoms. The van der Waals surface area contributed by atoms with Gasteiger partial charge in [0.15, 0.2) is 11.6 Å². The van der Waals surface area contributed by atoms with Gasteiger partial charge in [0.25, 0.3) is 0 Å². The van der Waals surface area contributed by atoms with E-state index in [0.717, 1.165) is 19.2 Å². The highest BCUT2D eigenvalue weighted by atomic mass is 19.1. The molecule has 20 heavy (non-hydrogen) atoms. The van der Waals surface area contributed by atoms with Crippen molar-refractivity contribution in [1.29, 1.82) is 0 Å². The van der Waals surface area contributed by atoms with Gasteiger partial charge in [-0.25, -0.2) is 18.0 Å². The van der Waals surface area contributed by atoms with Crippen LogP contribution in [0, 0.1) is 17.5 Å². The maximum absolute atomic E-state index is 14.1. The molecule has 0 saturated carbocycles. The van der Waals surface area contributed by atoms with Gasteiger partial charge in [-0.1, -0.05) is 12.1 Å². The SMILES string of the molecule is COC(=O)Oc1cccc(-c2cc(F)cc(F)c2)c1F. The molecule has 0 atom stereocenters. The van der Waals surface area contributed by atoms with Crippen LogP contribution in [-0.2, 0) is 4.74 Å². The average molecular weight is 282 g/mol. The largest absolute Gasteiger partial charge is 0.513 e. The first-order valence-electron chi connectivity index (χ1n) is 5.52. The fourth-order valence-corrected chi connectivity index (χ4v) is 1.65. The van der Waals surface area contributed by atoms with E-state index in [1.165, 1.54) is 18.2 Å². The molecule has 0 fully saturated rings. The van der Waals surface area contributed by atoms with Crippen LogP contribution in [0.5, 0.6) is 5.75 Å². The van der Waals surface area contributed by atoms with Crippen LogP contribution >= 0.6 is 0 Å². The summed E-state index contributed by atoms with van der Waals surface area (Å²) >= 11 is 0. The van der Waals surface area contributed by atoms with Crippen LogP contribution in [-0.4, -0.2) is 13.3 Å². The van der Waals surface area contributed by atoms with E-state index in [2.05, 4.69) is 9.47 Å². The Labute approximate surface area is 112 Å². The molecule has 0 aliphatic rings. The number of hydrogen-bond acceptors (Lipinski definition) is 3. The first kappa shape index (κ1) is 13.9. The first-order valence-corrected chi connectivity index (χ1v) is 5.52. The summed E-state index contributed by atoms with van der Waals surface area (Å²) in [4.78, 5) is 11.0. The van der Waals surface area contributed by atoms with Crippen molar-refractivity contribution in [2.75, 3.05) is 7.11 Å². The van der Waals surface area contributed by atoms with Gasteiger partial charge in [-0.3, -0.25) is 0 Å². The summed E-state index contributed by atoms with van der Waals surface area (Å²) in [5.41, 5.74) is -0.0971. The summed E-state index contributed by atoms with van der Waals surface area (Å²) in [7, 11) is 1.08. The number of halogens is 3. The molecule has 0 spiro atoms. The van der Waals surface area contributed by atoms with Crippen molar-refractivity contribution in [1.82, 2.24) is 0 Å².